The zero-order chi connectivity index (χ0) is 26.2. The SMILES string of the molecule is Cn1ncc(C2(O)CC2)c1-c1ccc(C[B]C=O)cc1.Cn1ncc(C2(O)CC2)c1-c1ccc(N)cc1. The lowest BCUT2D eigenvalue weighted by Crippen LogP contribution is -2.06. The summed E-state index contributed by atoms with van der Waals surface area (Å²) in [5, 5.41) is 29.1. The van der Waals surface area contributed by atoms with Crippen LogP contribution in [-0.4, -0.2) is 43.2 Å². The van der Waals surface area contributed by atoms with Crippen molar-refractivity contribution < 1.29 is 15.0 Å². The van der Waals surface area contributed by atoms with Crippen LogP contribution < -0.4 is 5.73 Å². The number of hydrogen-bond acceptors (Lipinski definition) is 6. The molecule has 4 N–H and O–H groups in total. The minimum atomic E-state index is -0.687. The lowest BCUT2D eigenvalue weighted by molar-refractivity contribution is 0.151. The largest absolute Gasteiger partial charge is 0.399 e. The first kappa shape index (κ1) is 25.0. The highest BCUT2D eigenvalue weighted by molar-refractivity contribution is 6.66. The molecule has 2 fully saturated rings. The fourth-order valence-electron chi connectivity index (χ4n) is 4.64. The number of aliphatic hydroxyl groups is 2. The van der Waals surface area contributed by atoms with E-state index in [9.17, 15) is 15.0 Å². The van der Waals surface area contributed by atoms with Crippen molar-refractivity contribution in [2.75, 3.05) is 5.73 Å². The Bertz CT molecular complexity index is 1400. The molecule has 37 heavy (non-hydrogen) atoms. The number of nitrogens with two attached hydrogens (primary N) is 1. The van der Waals surface area contributed by atoms with Crippen molar-refractivity contribution in [1.82, 2.24) is 19.6 Å². The first-order valence-electron chi connectivity index (χ1n) is 12.5. The molecule has 2 aromatic heterocycles. The van der Waals surface area contributed by atoms with E-state index in [0.717, 1.165) is 76.8 Å². The third-order valence-corrected chi connectivity index (χ3v) is 7.19. The van der Waals surface area contributed by atoms with Gasteiger partial charge in [0.1, 0.15) is 0 Å². The molecule has 0 amide bonds. The third kappa shape index (κ3) is 5.10. The number of nitrogen functional groups attached to an aromatic ring is 1. The van der Waals surface area contributed by atoms with Gasteiger partial charge in [-0.1, -0.05) is 42.0 Å². The fourth-order valence-corrected chi connectivity index (χ4v) is 4.64. The monoisotopic (exact) mass is 496 g/mol. The number of aryl methyl sites for hydroxylation is 2. The predicted octanol–water partition coefficient (Wildman–Crippen LogP) is 3.11. The number of nitrogens with zero attached hydrogens (tertiary/aromatic N) is 4. The minimum Gasteiger partial charge on any atom is -0.399 e. The van der Waals surface area contributed by atoms with E-state index in [1.54, 1.807) is 29.0 Å². The Balaban J connectivity index is 0.000000153. The van der Waals surface area contributed by atoms with Crippen LogP contribution in [0.2, 0.25) is 0 Å². The van der Waals surface area contributed by atoms with Gasteiger partial charge in [-0.2, -0.15) is 10.2 Å². The highest BCUT2D eigenvalue weighted by atomic mass is 16.3. The Kier molecular flexibility index (Phi) is 6.51. The van der Waals surface area contributed by atoms with Gasteiger partial charge in [0.05, 0.1) is 41.2 Å². The number of aromatic nitrogens is 4. The molecule has 8 nitrogen and oxygen atoms in total. The number of benzene rings is 2. The van der Waals surface area contributed by atoms with Crippen molar-refractivity contribution in [3.63, 3.8) is 0 Å². The molecule has 0 unspecified atom stereocenters. The topological polar surface area (TPSA) is 119 Å². The van der Waals surface area contributed by atoms with E-state index >= 15 is 0 Å². The summed E-state index contributed by atoms with van der Waals surface area (Å²) in [5.41, 5.74) is 12.0. The molecule has 0 saturated heterocycles. The summed E-state index contributed by atoms with van der Waals surface area (Å²) in [6.07, 6.45) is 8.23. The van der Waals surface area contributed by atoms with Crippen molar-refractivity contribution in [1.29, 1.82) is 0 Å². The molecule has 0 aliphatic heterocycles. The Morgan fingerprint density at radius 2 is 1.27 bits per heavy atom. The van der Waals surface area contributed by atoms with Crippen LogP contribution in [0.3, 0.4) is 0 Å². The molecule has 4 aromatic rings. The summed E-state index contributed by atoms with van der Waals surface area (Å²) in [7, 11) is 5.37. The first-order valence-corrected chi connectivity index (χ1v) is 12.5. The quantitative estimate of drug-likeness (QED) is 0.206. The summed E-state index contributed by atoms with van der Waals surface area (Å²) in [5.74, 6) is 0. The van der Waals surface area contributed by atoms with Crippen LogP contribution >= 0.6 is 0 Å². The van der Waals surface area contributed by atoms with E-state index in [1.165, 1.54) is 0 Å². The third-order valence-electron chi connectivity index (χ3n) is 7.19. The summed E-state index contributed by atoms with van der Waals surface area (Å²) in [6.45, 7) is 0. The Labute approximate surface area is 217 Å². The molecule has 1 radical (unpaired) electrons. The van der Waals surface area contributed by atoms with Crippen molar-refractivity contribution in [2.45, 2.75) is 43.2 Å². The maximum atomic E-state index is 10.3. The average Bonchev–Trinajstić information content (AvgIpc) is 3.74. The zero-order valence-corrected chi connectivity index (χ0v) is 21.1. The Hall–Kier alpha value is -3.69. The molecule has 0 spiro atoms. The van der Waals surface area contributed by atoms with E-state index in [2.05, 4.69) is 10.2 Å². The van der Waals surface area contributed by atoms with E-state index in [1.807, 2.05) is 62.6 Å². The highest BCUT2D eigenvalue weighted by Crippen LogP contribution is 2.49. The van der Waals surface area contributed by atoms with Gasteiger partial charge in [-0.3, -0.25) is 9.36 Å². The van der Waals surface area contributed by atoms with Gasteiger partial charge < -0.3 is 20.7 Å². The Morgan fingerprint density at radius 1 is 0.838 bits per heavy atom. The second-order valence-corrected chi connectivity index (χ2v) is 10.0. The van der Waals surface area contributed by atoms with Crippen LogP contribution in [0.15, 0.2) is 60.9 Å². The van der Waals surface area contributed by atoms with Crippen LogP contribution in [0.4, 0.5) is 5.69 Å². The van der Waals surface area contributed by atoms with Crippen molar-refractivity contribution >= 4 is 19.2 Å². The summed E-state index contributed by atoms with van der Waals surface area (Å²) in [6, 6.07) is 15.7. The summed E-state index contributed by atoms with van der Waals surface area (Å²) < 4.78 is 3.61. The lowest BCUT2D eigenvalue weighted by atomic mass is 9.74. The second-order valence-electron chi connectivity index (χ2n) is 10.0. The maximum Gasteiger partial charge on any atom is 0.202 e. The highest BCUT2D eigenvalue weighted by Gasteiger charge is 2.46. The van der Waals surface area contributed by atoms with Gasteiger partial charge >= 0.3 is 0 Å². The first-order chi connectivity index (χ1) is 17.7. The second kappa shape index (κ2) is 9.65. The van der Waals surface area contributed by atoms with E-state index in [4.69, 9.17) is 5.73 Å². The van der Waals surface area contributed by atoms with Crippen molar-refractivity contribution in [3.05, 3.63) is 77.6 Å². The molecule has 6 rings (SSSR count). The van der Waals surface area contributed by atoms with Crippen molar-refractivity contribution in [3.8, 4) is 22.5 Å². The van der Waals surface area contributed by atoms with Crippen LogP contribution in [0.1, 0.15) is 42.4 Å². The molecule has 9 heteroatoms. The lowest BCUT2D eigenvalue weighted by Gasteiger charge is -2.11. The molecule has 0 bridgehead atoms. The normalized spacial score (nSPS) is 16.4. The summed E-state index contributed by atoms with van der Waals surface area (Å²) >= 11 is 0. The summed E-state index contributed by atoms with van der Waals surface area (Å²) in [4.78, 5) is 10.3. The molecular weight excluding hydrogens is 465 g/mol. The predicted molar refractivity (Wildman–Crippen MR) is 144 cm³/mol. The number of anilines is 1. The number of rotatable bonds is 7. The minimum absolute atomic E-state index is 0.645. The molecule has 189 valence electrons. The standard InChI is InChI=1S/C15H16BN2O2.C13H15N3O/c1-18-14(13(9-17-18)15(20)6-7-15)12-4-2-11(3-5-12)8-16-10-19;1-16-12(9-2-4-10(14)5-3-9)11(8-15-16)13(17)6-7-13/h2-5,9-10,20H,6-8H2,1H3;2-5,8,17H,6-7,14H2,1H3. The van der Waals surface area contributed by atoms with Gasteiger partial charge in [0.15, 0.2) is 0 Å². The van der Waals surface area contributed by atoms with Crippen molar-refractivity contribution in [2.24, 2.45) is 14.1 Å². The molecular formula is C28H31BN5O3. The fraction of sp³-hybridized carbons (Fsp3) is 0.321. The Morgan fingerprint density at radius 3 is 1.68 bits per heavy atom. The maximum absolute atomic E-state index is 10.3. The molecule has 2 aliphatic carbocycles. The van der Waals surface area contributed by atoms with Gasteiger partial charge in [-0.25, -0.2) is 0 Å². The molecule has 2 aliphatic rings. The van der Waals surface area contributed by atoms with Crippen LogP contribution in [0.5, 0.6) is 0 Å². The van der Waals surface area contributed by atoms with Crippen LogP contribution in [0.25, 0.3) is 22.5 Å². The smallest absolute Gasteiger partial charge is 0.202 e. The molecule has 2 aromatic carbocycles. The number of carbonyl (C=O) groups is 1. The molecule has 2 heterocycles. The van der Waals surface area contributed by atoms with E-state index in [0.29, 0.717) is 6.32 Å². The van der Waals surface area contributed by atoms with Gasteiger partial charge in [0.25, 0.3) is 0 Å². The van der Waals surface area contributed by atoms with Crippen LogP contribution in [-0.2, 0) is 36.4 Å². The van der Waals surface area contributed by atoms with Crippen LogP contribution in [0, 0.1) is 0 Å². The average molecular weight is 496 g/mol. The van der Waals surface area contributed by atoms with E-state index < -0.39 is 11.2 Å². The van der Waals surface area contributed by atoms with Gasteiger partial charge in [0.2, 0.25) is 7.28 Å². The van der Waals surface area contributed by atoms with Gasteiger partial charge in [-0.05, 0) is 44.1 Å². The van der Waals surface area contributed by atoms with Gasteiger partial charge in [0, 0.05) is 42.0 Å². The molecule has 2 saturated carbocycles. The molecule has 0 atom stereocenters. The van der Waals surface area contributed by atoms with E-state index in [-0.39, 0.29) is 0 Å². The number of hydrogen-bond donors (Lipinski definition) is 3. The zero-order valence-electron chi connectivity index (χ0n) is 21.1. The number of carbonyl (C=O) groups excluding carboxylic acids is 1. The van der Waals surface area contributed by atoms with Gasteiger partial charge in [-0.15, -0.1) is 0 Å².